The molecule has 8 heteroatoms. The zero-order chi connectivity index (χ0) is 25.3. The number of hydrogen-bond donors (Lipinski definition) is 2. The number of fused-ring (bicyclic) bond motifs is 1. The Labute approximate surface area is 199 Å². The monoisotopic (exact) mass is 465 g/mol. The second-order valence-corrected chi connectivity index (χ2v) is 9.96. The highest BCUT2D eigenvalue weighted by Crippen LogP contribution is 2.44. The van der Waals surface area contributed by atoms with Crippen LogP contribution in [0.25, 0.3) is 0 Å². The van der Waals surface area contributed by atoms with Crippen molar-refractivity contribution in [1.29, 1.82) is 5.26 Å². The molecule has 8 nitrogen and oxygen atoms in total. The fraction of sp³-hybridized carbons (Fsp3) is 0.423. The van der Waals surface area contributed by atoms with Gasteiger partial charge in [-0.1, -0.05) is 30.3 Å². The molecule has 0 spiro atoms. The second-order valence-electron chi connectivity index (χ2n) is 9.96. The highest BCUT2D eigenvalue weighted by molar-refractivity contribution is 5.85. The van der Waals surface area contributed by atoms with Crippen LogP contribution in [0.3, 0.4) is 0 Å². The summed E-state index contributed by atoms with van der Waals surface area (Å²) in [5.74, 6) is -0.347. The Balaban J connectivity index is 2.21. The molecule has 1 heterocycles. The second kappa shape index (κ2) is 9.35. The highest BCUT2D eigenvalue weighted by atomic mass is 16.6. The van der Waals surface area contributed by atoms with Crippen LogP contribution in [-0.2, 0) is 16.0 Å². The number of primary amides is 1. The van der Waals surface area contributed by atoms with Crippen LogP contribution in [0, 0.1) is 11.3 Å². The molecule has 34 heavy (non-hydrogen) atoms. The van der Waals surface area contributed by atoms with Crippen LogP contribution in [0.15, 0.2) is 48.5 Å². The SMILES string of the molecule is CC(C)(C)OC(=O)N([C@@H](Cc1ccccc1)C(N)=O)[C@H]1c2cc(C#N)ccc2OC(C)(C)[C@@H]1O. The number of aliphatic hydroxyl groups is 1. The van der Waals surface area contributed by atoms with Crippen LogP contribution in [0.2, 0.25) is 0 Å². The predicted octanol–water partition coefficient (Wildman–Crippen LogP) is 3.46. The summed E-state index contributed by atoms with van der Waals surface area (Å²) >= 11 is 0. The summed E-state index contributed by atoms with van der Waals surface area (Å²) in [5, 5.41) is 20.9. The van der Waals surface area contributed by atoms with Gasteiger partial charge in [-0.25, -0.2) is 4.79 Å². The number of nitriles is 1. The summed E-state index contributed by atoms with van der Waals surface area (Å²) in [6.07, 6.45) is -1.94. The van der Waals surface area contributed by atoms with E-state index in [1.165, 1.54) is 4.90 Å². The van der Waals surface area contributed by atoms with Gasteiger partial charge >= 0.3 is 6.09 Å². The van der Waals surface area contributed by atoms with E-state index in [2.05, 4.69) is 6.07 Å². The molecule has 2 aromatic carbocycles. The topological polar surface area (TPSA) is 126 Å². The molecule has 0 aromatic heterocycles. The van der Waals surface area contributed by atoms with Gasteiger partial charge in [0.15, 0.2) is 0 Å². The summed E-state index contributed by atoms with van der Waals surface area (Å²) < 4.78 is 11.7. The van der Waals surface area contributed by atoms with Crippen molar-refractivity contribution in [3.8, 4) is 11.8 Å². The molecule has 0 fully saturated rings. The summed E-state index contributed by atoms with van der Waals surface area (Å²) in [4.78, 5) is 27.6. The summed E-state index contributed by atoms with van der Waals surface area (Å²) in [7, 11) is 0. The molecular weight excluding hydrogens is 434 g/mol. The van der Waals surface area contributed by atoms with Gasteiger partial charge in [-0.2, -0.15) is 5.26 Å². The van der Waals surface area contributed by atoms with E-state index in [-0.39, 0.29) is 6.42 Å². The molecule has 3 N–H and O–H groups in total. The van der Waals surface area contributed by atoms with Gasteiger partial charge in [-0.3, -0.25) is 9.69 Å². The maximum Gasteiger partial charge on any atom is 0.411 e. The molecule has 1 aliphatic heterocycles. The van der Waals surface area contributed by atoms with E-state index >= 15 is 0 Å². The number of nitrogens with two attached hydrogens (primary N) is 1. The number of nitrogens with zero attached hydrogens (tertiary/aromatic N) is 2. The molecular formula is C26H31N3O5. The van der Waals surface area contributed by atoms with Gasteiger partial charge in [-0.05, 0) is 58.4 Å². The fourth-order valence-corrected chi connectivity index (χ4v) is 4.06. The van der Waals surface area contributed by atoms with Crippen molar-refractivity contribution in [2.75, 3.05) is 0 Å². The standard InChI is InChI=1S/C26H31N3O5/c1-25(2,3)34-24(32)29(19(23(28)31)14-16-9-7-6-8-10-16)21-18-13-17(15-27)11-12-20(18)33-26(4,5)22(21)30/h6-13,19,21-22,30H,14H2,1-5H3,(H2,28,31)/t19-,21-,22+/m0/s1. The van der Waals surface area contributed by atoms with Crippen LogP contribution < -0.4 is 10.5 Å². The van der Waals surface area contributed by atoms with Crippen molar-refractivity contribution in [2.24, 2.45) is 5.73 Å². The Morgan fingerprint density at radius 1 is 1.24 bits per heavy atom. The lowest BCUT2D eigenvalue weighted by molar-refractivity contribution is -0.131. The van der Waals surface area contributed by atoms with Crippen molar-refractivity contribution in [1.82, 2.24) is 4.90 Å². The number of ether oxygens (including phenoxy) is 2. The minimum atomic E-state index is -1.25. The molecule has 1 aliphatic rings. The van der Waals surface area contributed by atoms with E-state index in [1.54, 1.807) is 52.8 Å². The fourth-order valence-electron chi connectivity index (χ4n) is 4.06. The molecule has 180 valence electrons. The Morgan fingerprint density at radius 2 is 1.88 bits per heavy atom. The first-order valence-electron chi connectivity index (χ1n) is 11.1. The zero-order valence-electron chi connectivity index (χ0n) is 20.1. The van der Waals surface area contributed by atoms with Gasteiger partial charge in [0.25, 0.3) is 0 Å². The summed E-state index contributed by atoms with van der Waals surface area (Å²) in [6.45, 7) is 8.52. The van der Waals surface area contributed by atoms with Crippen LogP contribution in [0.5, 0.6) is 5.75 Å². The number of amides is 2. The number of hydrogen-bond acceptors (Lipinski definition) is 6. The largest absolute Gasteiger partial charge is 0.485 e. The van der Waals surface area contributed by atoms with Crippen LogP contribution >= 0.6 is 0 Å². The molecule has 2 aromatic rings. The molecule has 3 rings (SSSR count). The zero-order valence-corrected chi connectivity index (χ0v) is 20.1. The first kappa shape index (κ1) is 25.1. The van der Waals surface area contributed by atoms with Gasteiger partial charge in [-0.15, -0.1) is 0 Å². The maximum absolute atomic E-state index is 13.6. The molecule has 0 saturated carbocycles. The van der Waals surface area contributed by atoms with Gasteiger partial charge in [0.1, 0.15) is 29.1 Å². The van der Waals surface area contributed by atoms with Crippen LogP contribution in [0.4, 0.5) is 4.79 Å². The summed E-state index contributed by atoms with van der Waals surface area (Å²) in [5.41, 5.74) is 5.36. The average Bonchev–Trinajstić information content (AvgIpc) is 2.74. The molecule has 0 saturated heterocycles. The molecule has 0 radical (unpaired) electrons. The smallest absolute Gasteiger partial charge is 0.411 e. The third-order valence-corrected chi connectivity index (χ3v) is 5.68. The van der Waals surface area contributed by atoms with E-state index < -0.39 is 41.4 Å². The number of carbonyl (C=O) groups is 2. The first-order chi connectivity index (χ1) is 15.8. The van der Waals surface area contributed by atoms with E-state index in [1.807, 2.05) is 30.3 Å². The van der Waals surface area contributed by atoms with E-state index in [9.17, 15) is 20.0 Å². The minimum absolute atomic E-state index is 0.118. The molecule has 0 bridgehead atoms. The van der Waals surface area contributed by atoms with Gasteiger partial charge in [0, 0.05) is 12.0 Å². The van der Waals surface area contributed by atoms with Gasteiger partial charge in [0.2, 0.25) is 5.91 Å². The van der Waals surface area contributed by atoms with Crippen molar-refractivity contribution in [3.05, 3.63) is 65.2 Å². The highest BCUT2D eigenvalue weighted by Gasteiger charge is 2.50. The first-order valence-corrected chi connectivity index (χ1v) is 11.1. The van der Waals surface area contributed by atoms with E-state index in [0.29, 0.717) is 16.9 Å². The lowest BCUT2D eigenvalue weighted by Crippen LogP contribution is -2.60. The Morgan fingerprint density at radius 3 is 2.44 bits per heavy atom. The Kier molecular flexibility index (Phi) is 6.89. The quantitative estimate of drug-likeness (QED) is 0.696. The van der Waals surface area contributed by atoms with Crippen molar-refractivity contribution in [3.63, 3.8) is 0 Å². The van der Waals surface area contributed by atoms with E-state index in [4.69, 9.17) is 15.2 Å². The Bertz CT molecular complexity index is 1100. The minimum Gasteiger partial charge on any atom is -0.485 e. The van der Waals surface area contributed by atoms with Gasteiger partial charge < -0.3 is 20.3 Å². The van der Waals surface area contributed by atoms with Crippen LogP contribution in [-0.4, -0.2) is 45.4 Å². The van der Waals surface area contributed by atoms with Gasteiger partial charge in [0.05, 0.1) is 17.7 Å². The summed E-state index contributed by atoms with van der Waals surface area (Å²) in [6, 6.07) is 13.8. The molecule has 0 unspecified atom stereocenters. The predicted molar refractivity (Wildman–Crippen MR) is 126 cm³/mol. The number of rotatable bonds is 5. The van der Waals surface area contributed by atoms with Crippen molar-refractivity contribution < 1.29 is 24.2 Å². The molecule has 2 amide bonds. The van der Waals surface area contributed by atoms with E-state index in [0.717, 1.165) is 5.56 Å². The lowest BCUT2D eigenvalue weighted by Gasteiger charge is -2.47. The lowest BCUT2D eigenvalue weighted by atomic mass is 9.84. The molecule has 3 atom stereocenters. The number of carbonyl (C=O) groups excluding carboxylic acids is 2. The Hall–Kier alpha value is -3.57. The van der Waals surface area contributed by atoms with Crippen LogP contribution in [0.1, 0.15) is 57.4 Å². The maximum atomic E-state index is 13.6. The van der Waals surface area contributed by atoms with Crippen molar-refractivity contribution >= 4 is 12.0 Å². The number of benzene rings is 2. The van der Waals surface area contributed by atoms with Crippen molar-refractivity contribution in [2.45, 2.75) is 70.4 Å². The normalized spacial score (nSPS) is 19.7. The average molecular weight is 466 g/mol. The third kappa shape index (κ3) is 5.32. The number of aliphatic hydroxyl groups excluding tert-OH is 1. The third-order valence-electron chi connectivity index (χ3n) is 5.68. The molecule has 0 aliphatic carbocycles.